The van der Waals surface area contributed by atoms with Crippen molar-refractivity contribution < 1.29 is 9.18 Å². The van der Waals surface area contributed by atoms with Gasteiger partial charge in [-0.25, -0.2) is 4.39 Å². The second-order valence-corrected chi connectivity index (χ2v) is 7.31. The topological polar surface area (TPSA) is 49.0 Å². The molecule has 0 N–H and O–H groups in total. The second kappa shape index (κ2) is 7.85. The molecule has 0 unspecified atom stereocenters. The summed E-state index contributed by atoms with van der Waals surface area (Å²) in [7, 11) is 0. The van der Waals surface area contributed by atoms with Gasteiger partial charge in [0.05, 0.1) is 11.6 Å². The van der Waals surface area contributed by atoms with Gasteiger partial charge in [0.25, 0.3) is 5.91 Å². The molecule has 4 rings (SSSR count). The minimum Gasteiger partial charge on any atom is -0.347 e. The van der Waals surface area contributed by atoms with Crippen LogP contribution in [0.5, 0.6) is 0 Å². The molecule has 28 heavy (non-hydrogen) atoms. The van der Waals surface area contributed by atoms with Crippen molar-refractivity contribution in [2.75, 3.05) is 0 Å². The summed E-state index contributed by atoms with van der Waals surface area (Å²) in [5.74, 6) is -0.254. The minimum atomic E-state index is -0.270. The normalized spacial score (nSPS) is 13.4. The Morgan fingerprint density at radius 2 is 1.93 bits per heavy atom. The number of nitriles is 1. The average molecular weight is 375 g/mol. The van der Waals surface area contributed by atoms with Crippen LogP contribution >= 0.6 is 0 Å². The summed E-state index contributed by atoms with van der Waals surface area (Å²) in [4.78, 5) is 15.4. The van der Waals surface area contributed by atoms with Gasteiger partial charge in [-0.2, -0.15) is 5.26 Å². The number of nitrogens with zero attached hydrogens (tertiary/aromatic N) is 3. The Bertz CT molecular complexity index is 1030. The first-order valence-electron chi connectivity index (χ1n) is 9.67. The average Bonchev–Trinajstić information content (AvgIpc) is 3.49. The number of hydrogen-bond acceptors (Lipinski definition) is 2. The standard InChI is InChI=1S/C23H22FN3O/c24-18-9-7-17(8-10-18)15-27(19-11-12-19)23(28)21-16-26(14-4-3-13-25)22-6-2-1-5-20(21)22/h1-2,5-10,16,19H,3-4,11-12,14-15H2. The first-order valence-corrected chi connectivity index (χ1v) is 9.67. The molecule has 4 nitrogen and oxygen atoms in total. The third-order valence-corrected chi connectivity index (χ3v) is 5.22. The molecular weight excluding hydrogens is 353 g/mol. The highest BCUT2D eigenvalue weighted by Gasteiger charge is 2.34. The maximum Gasteiger partial charge on any atom is 0.256 e. The van der Waals surface area contributed by atoms with Crippen molar-refractivity contribution in [2.24, 2.45) is 0 Å². The number of rotatable bonds is 7. The molecule has 1 amide bonds. The number of halogens is 1. The highest BCUT2D eigenvalue weighted by atomic mass is 19.1. The van der Waals surface area contributed by atoms with E-state index >= 15 is 0 Å². The van der Waals surface area contributed by atoms with Gasteiger partial charge in [0.2, 0.25) is 0 Å². The lowest BCUT2D eigenvalue weighted by atomic mass is 10.1. The maximum absolute atomic E-state index is 13.4. The van der Waals surface area contributed by atoms with Crippen molar-refractivity contribution in [1.82, 2.24) is 9.47 Å². The van der Waals surface area contributed by atoms with Crippen molar-refractivity contribution >= 4 is 16.8 Å². The van der Waals surface area contributed by atoms with Crippen LogP contribution < -0.4 is 0 Å². The first kappa shape index (κ1) is 18.2. The Morgan fingerprint density at radius 1 is 1.18 bits per heavy atom. The molecule has 5 heteroatoms. The molecule has 142 valence electrons. The van der Waals surface area contributed by atoms with Gasteiger partial charge in [0.15, 0.2) is 0 Å². The monoisotopic (exact) mass is 375 g/mol. The molecule has 2 aromatic carbocycles. The Morgan fingerprint density at radius 3 is 2.64 bits per heavy atom. The number of fused-ring (bicyclic) bond motifs is 1. The largest absolute Gasteiger partial charge is 0.347 e. The zero-order valence-electron chi connectivity index (χ0n) is 15.6. The van der Waals surface area contributed by atoms with E-state index < -0.39 is 0 Å². The molecule has 3 aromatic rings. The van der Waals surface area contributed by atoms with Crippen LogP contribution in [0.15, 0.2) is 54.7 Å². The number of para-hydroxylation sites is 1. The Kier molecular flexibility index (Phi) is 5.12. The lowest BCUT2D eigenvalue weighted by Gasteiger charge is -2.22. The number of hydrogen-bond donors (Lipinski definition) is 0. The zero-order chi connectivity index (χ0) is 19.5. The number of amides is 1. The molecule has 0 radical (unpaired) electrons. The van der Waals surface area contributed by atoms with Crippen molar-refractivity contribution in [1.29, 1.82) is 5.26 Å². The van der Waals surface area contributed by atoms with Crippen LogP contribution in [0.1, 0.15) is 41.6 Å². The molecule has 1 saturated carbocycles. The summed E-state index contributed by atoms with van der Waals surface area (Å²) in [6.45, 7) is 1.19. The lowest BCUT2D eigenvalue weighted by molar-refractivity contribution is 0.0731. The predicted octanol–water partition coefficient (Wildman–Crippen LogP) is 4.89. The van der Waals surface area contributed by atoms with E-state index in [1.165, 1.54) is 12.1 Å². The van der Waals surface area contributed by atoms with Crippen LogP contribution in [0.3, 0.4) is 0 Å². The molecule has 0 spiro atoms. The Hall–Kier alpha value is -3.13. The molecule has 1 fully saturated rings. The van der Waals surface area contributed by atoms with E-state index in [4.69, 9.17) is 5.26 Å². The quantitative estimate of drug-likeness (QED) is 0.552. The molecule has 1 aromatic heterocycles. The van der Waals surface area contributed by atoms with Crippen LogP contribution in [0, 0.1) is 17.1 Å². The summed E-state index contributed by atoms with van der Waals surface area (Å²) in [5, 5.41) is 9.74. The summed E-state index contributed by atoms with van der Waals surface area (Å²) in [6, 6.07) is 16.7. The van der Waals surface area contributed by atoms with Gasteiger partial charge in [0, 0.05) is 42.7 Å². The van der Waals surface area contributed by atoms with Gasteiger partial charge in [-0.1, -0.05) is 30.3 Å². The van der Waals surface area contributed by atoms with Gasteiger partial charge < -0.3 is 9.47 Å². The summed E-state index contributed by atoms with van der Waals surface area (Å²) in [5.41, 5.74) is 2.64. The number of aromatic nitrogens is 1. The SMILES string of the molecule is N#CCCCn1cc(C(=O)N(Cc2ccc(F)cc2)C2CC2)c2ccccc21. The fourth-order valence-electron chi connectivity index (χ4n) is 3.62. The van der Waals surface area contributed by atoms with Gasteiger partial charge in [-0.15, -0.1) is 0 Å². The number of benzene rings is 2. The second-order valence-electron chi connectivity index (χ2n) is 7.31. The van der Waals surface area contributed by atoms with E-state index in [9.17, 15) is 9.18 Å². The molecule has 1 heterocycles. The molecule has 0 bridgehead atoms. The van der Waals surface area contributed by atoms with Crippen LogP contribution in [0.2, 0.25) is 0 Å². The van der Waals surface area contributed by atoms with E-state index in [2.05, 4.69) is 10.6 Å². The van der Waals surface area contributed by atoms with Gasteiger partial charge in [-0.3, -0.25) is 4.79 Å². The number of carbonyl (C=O) groups excluding carboxylic acids is 1. The Balaban J connectivity index is 1.64. The van der Waals surface area contributed by atoms with Crippen molar-refractivity contribution in [3.63, 3.8) is 0 Å². The van der Waals surface area contributed by atoms with E-state index in [-0.39, 0.29) is 17.8 Å². The molecule has 0 aliphatic heterocycles. The van der Waals surface area contributed by atoms with Gasteiger partial charge in [0.1, 0.15) is 5.82 Å². The van der Waals surface area contributed by atoms with E-state index in [1.54, 1.807) is 12.1 Å². The lowest BCUT2D eigenvalue weighted by Crippen LogP contribution is -2.32. The highest BCUT2D eigenvalue weighted by molar-refractivity contribution is 6.07. The van der Waals surface area contributed by atoms with E-state index in [1.807, 2.05) is 35.4 Å². The van der Waals surface area contributed by atoms with Crippen LogP contribution in [-0.2, 0) is 13.1 Å². The zero-order valence-corrected chi connectivity index (χ0v) is 15.6. The fraction of sp³-hybridized carbons (Fsp3) is 0.304. The van der Waals surface area contributed by atoms with E-state index in [0.29, 0.717) is 25.1 Å². The molecule has 1 aliphatic rings. The first-order chi connectivity index (χ1) is 13.7. The van der Waals surface area contributed by atoms with E-state index in [0.717, 1.165) is 35.7 Å². The van der Waals surface area contributed by atoms with Crippen molar-refractivity contribution in [2.45, 2.75) is 44.8 Å². The number of aryl methyl sites for hydroxylation is 1. The minimum absolute atomic E-state index is 0.0158. The van der Waals surface area contributed by atoms with Gasteiger partial charge in [-0.05, 0) is 43.0 Å². The van der Waals surface area contributed by atoms with Crippen LogP contribution in [-0.4, -0.2) is 21.4 Å². The summed E-state index contributed by atoms with van der Waals surface area (Å²) >= 11 is 0. The molecule has 1 aliphatic carbocycles. The predicted molar refractivity (Wildman–Crippen MR) is 106 cm³/mol. The molecular formula is C23H22FN3O. The maximum atomic E-state index is 13.4. The van der Waals surface area contributed by atoms with Crippen molar-refractivity contribution in [3.05, 3.63) is 71.7 Å². The third kappa shape index (κ3) is 3.77. The molecule has 0 atom stereocenters. The van der Waals surface area contributed by atoms with Crippen LogP contribution in [0.25, 0.3) is 10.9 Å². The number of unbranched alkanes of at least 4 members (excludes halogenated alkanes) is 1. The summed E-state index contributed by atoms with van der Waals surface area (Å²) < 4.78 is 15.3. The molecule has 0 saturated heterocycles. The van der Waals surface area contributed by atoms with Crippen molar-refractivity contribution in [3.8, 4) is 6.07 Å². The highest BCUT2D eigenvalue weighted by Crippen LogP contribution is 2.32. The smallest absolute Gasteiger partial charge is 0.256 e. The number of carbonyl (C=O) groups is 1. The van der Waals surface area contributed by atoms with Crippen LogP contribution in [0.4, 0.5) is 4.39 Å². The third-order valence-electron chi connectivity index (χ3n) is 5.22. The fourth-order valence-corrected chi connectivity index (χ4v) is 3.62. The summed E-state index contributed by atoms with van der Waals surface area (Å²) in [6.07, 6.45) is 5.19. The van der Waals surface area contributed by atoms with Gasteiger partial charge >= 0.3 is 0 Å². The Labute approximate surface area is 163 Å².